The Morgan fingerprint density at radius 3 is 2.33 bits per heavy atom. The molecule has 0 saturated carbocycles. The molecule has 0 radical (unpaired) electrons. The summed E-state index contributed by atoms with van der Waals surface area (Å²) in [7, 11) is 0. The number of ether oxygens (including phenoxy) is 1. The number of alkyl halides is 3. The van der Waals surface area contributed by atoms with E-state index in [9.17, 15) is 4.79 Å². The minimum Gasteiger partial charge on any atom is -0.445 e. The van der Waals surface area contributed by atoms with Crippen molar-refractivity contribution in [1.82, 2.24) is 10.6 Å². The van der Waals surface area contributed by atoms with Crippen molar-refractivity contribution in [1.29, 1.82) is 0 Å². The van der Waals surface area contributed by atoms with E-state index in [4.69, 9.17) is 39.5 Å². The summed E-state index contributed by atoms with van der Waals surface area (Å²) in [4.78, 5) is 11.5. The summed E-state index contributed by atoms with van der Waals surface area (Å²) in [5.41, 5.74) is 0. The van der Waals surface area contributed by atoms with E-state index in [1.165, 1.54) is 12.8 Å². The third kappa shape index (κ3) is 5.17. The molecule has 2 aliphatic heterocycles. The van der Waals surface area contributed by atoms with Gasteiger partial charge in [0.2, 0.25) is 3.79 Å². The van der Waals surface area contributed by atoms with Gasteiger partial charge in [-0.25, -0.2) is 4.79 Å². The fourth-order valence-electron chi connectivity index (χ4n) is 2.53. The van der Waals surface area contributed by atoms with Crippen LogP contribution in [0.5, 0.6) is 0 Å². The highest BCUT2D eigenvalue weighted by molar-refractivity contribution is 6.67. The number of alkyl carbamates (subject to hydrolysis) is 1. The molecule has 1 amide bonds. The van der Waals surface area contributed by atoms with Crippen LogP contribution in [0.4, 0.5) is 4.79 Å². The molecule has 2 rings (SSSR count). The summed E-state index contributed by atoms with van der Waals surface area (Å²) >= 11 is 16.5. The minimum atomic E-state index is -1.55. The van der Waals surface area contributed by atoms with Crippen LogP contribution < -0.4 is 10.6 Å². The van der Waals surface area contributed by atoms with Crippen LogP contribution in [0.25, 0.3) is 0 Å². The molecular formula is C10H16Cl4N2O2. The van der Waals surface area contributed by atoms with Gasteiger partial charge in [0, 0.05) is 18.1 Å². The first-order chi connectivity index (χ1) is 7.92. The molecule has 2 fully saturated rings. The fourth-order valence-corrected chi connectivity index (χ4v) is 2.69. The van der Waals surface area contributed by atoms with Gasteiger partial charge in [0.05, 0.1) is 0 Å². The monoisotopic (exact) mass is 336 g/mol. The quantitative estimate of drug-likeness (QED) is 0.762. The maximum atomic E-state index is 11.5. The Hall–Kier alpha value is 0.390. The lowest BCUT2D eigenvalue weighted by Crippen LogP contribution is -2.48. The summed E-state index contributed by atoms with van der Waals surface area (Å²) in [6.07, 6.45) is 3.75. The van der Waals surface area contributed by atoms with E-state index < -0.39 is 9.89 Å². The van der Waals surface area contributed by atoms with E-state index in [1.54, 1.807) is 0 Å². The molecule has 2 heterocycles. The summed E-state index contributed by atoms with van der Waals surface area (Å²) in [6, 6.07) is 1.20. The van der Waals surface area contributed by atoms with Crippen molar-refractivity contribution in [2.75, 3.05) is 6.61 Å². The molecule has 2 N–H and O–H groups in total. The smallest absolute Gasteiger partial charge is 0.407 e. The van der Waals surface area contributed by atoms with Gasteiger partial charge in [-0.2, -0.15) is 0 Å². The SMILES string of the molecule is Cl.O=C(NC1CC2CCC(C1)N2)OCC(Cl)(Cl)Cl. The molecule has 0 aromatic carbocycles. The van der Waals surface area contributed by atoms with Crippen LogP contribution in [-0.4, -0.2) is 34.6 Å². The van der Waals surface area contributed by atoms with Gasteiger partial charge in [0.25, 0.3) is 0 Å². The highest BCUT2D eigenvalue weighted by Gasteiger charge is 2.34. The average Bonchev–Trinajstić information content (AvgIpc) is 2.54. The zero-order valence-electron chi connectivity index (χ0n) is 9.63. The molecule has 2 atom stereocenters. The highest BCUT2D eigenvalue weighted by atomic mass is 35.6. The fraction of sp³-hybridized carbons (Fsp3) is 0.900. The molecule has 0 spiro atoms. The van der Waals surface area contributed by atoms with Crippen molar-refractivity contribution < 1.29 is 9.53 Å². The van der Waals surface area contributed by atoms with Gasteiger partial charge in [-0.1, -0.05) is 34.8 Å². The van der Waals surface area contributed by atoms with Gasteiger partial charge in [0.1, 0.15) is 6.61 Å². The minimum absolute atomic E-state index is 0. The maximum absolute atomic E-state index is 11.5. The Balaban J connectivity index is 0.00000162. The Labute approximate surface area is 127 Å². The van der Waals surface area contributed by atoms with Crippen LogP contribution in [0.1, 0.15) is 25.7 Å². The van der Waals surface area contributed by atoms with Crippen LogP contribution in [0.2, 0.25) is 0 Å². The van der Waals surface area contributed by atoms with Crippen LogP contribution >= 0.6 is 47.2 Å². The molecule has 2 unspecified atom stereocenters. The first-order valence-electron chi connectivity index (χ1n) is 5.68. The van der Waals surface area contributed by atoms with Gasteiger partial charge in [0.15, 0.2) is 0 Å². The number of hydrogen-bond donors (Lipinski definition) is 2. The highest BCUT2D eigenvalue weighted by Crippen LogP contribution is 2.27. The topological polar surface area (TPSA) is 50.4 Å². The number of carbonyl (C=O) groups excluding carboxylic acids is 1. The van der Waals surface area contributed by atoms with E-state index in [0.29, 0.717) is 12.1 Å². The van der Waals surface area contributed by atoms with E-state index in [-0.39, 0.29) is 25.1 Å². The van der Waals surface area contributed by atoms with Crippen LogP contribution in [0.3, 0.4) is 0 Å². The van der Waals surface area contributed by atoms with Gasteiger partial charge >= 0.3 is 6.09 Å². The van der Waals surface area contributed by atoms with Crippen LogP contribution in [0.15, 0.2) is 0 Å². The number of hydrogen-bond acceptors (Lipinski definition) is 3. The summed E-state index contributed by atoms with van der Waals surface area (Å²) in [6.45, 7) is -0.235. The molecule has 2 bridgehead atoms. The molecule has 106 valence electrons. The number of amides is 1. The molecule has 0 aromatic heterocycles. The molecule has 0 aromatic rings. The molecule has 2 saturated heterocycles. The second kappa shape index (κ2) is 6.71. The maximum Gasteiger partial charge on any atom is 0.407 e. The molecule has 8 heteroatoms. The third-order valence-corrected chi connectivity index (χ3v) is 3.49. The lowest BCUT2D eigenvalue weighted by molar-refractivity contribution is 0.140. The molecule has 4 nitrogen and oxygen atoms in total. The summed E-state index contributed by atoms with van der Waals surface area (Å²) < 4.78 is 3.28. The van der Waals surface area contributed by atoms with Gasteiger partial charge in [-0.15, -0.1) is 12.4 Å². The Kier molecular flexibility index (Phi) is 6.13. The average molecular weight is 338 g/mol. The standard InChI is InChI=1S/C10H15Cl3N2O2.ClH/c11-10(12,13)5-17-9(16)15-8-3-6-1-2-7(4-8)14-6;/h6-8,14H,1-5H2,(H,15,16);1H. The first kappa shape index (κ1) is 16.4. The Bertz CT molecular complexity index is 286. The van der Waals surface area contributed by atoms with Gasteiger partial charge in [-0.05, 0) is 25.7 Å². The van der Waals surface area contributed by atoms with Crippen molar-refractivity contribution in [2.45, 2.75) is 47.6 Å². The van der Waals surface area contributed by atoms with Gasteiger partial charge < -0.3 is 15.4 Å². The number of carbonyl (C=O) groups is 1. The number of rotatable bonds is 2. The van der Waals surface area contributed by atoms with Crippen LogP contribution in [-0.2, 0) is 4.74 Å². The first-order valence-corrected chi connectivity index (χ1v) is 6.82. The van der Waals surface area contributed by atoms with Crippen molar-refractivity contribution in [3.63, 3.8) is 0 Å². The van der Waals surface area contributed by atoms with Crippen molar-refractivity contribution in [2.24, 2.45) is 0 Å². The molecule has 0 aliphatic carbocycles. The Morgan fingerprint density at radius 1 is 1.28 bits per heavy atom. The second-order valence-electron chi connectivity index (χ2n) is 4.64. The second-order valence-corrected chi connectivity index (χ2v) is 7.16. The summed E-state index contributed by atoms with van der Waals surface area (Å²) in [5.74, 6) is 0. The number of halogens is 4. The number of piperidine rings is 1. The normalized spacial score (nSPS) is 30.5. The zero-order chi connectivity index (χ0) is 12.5. The molecular weight excluding hydrogens is 322 g/mol. The third-order valence-electron chi connectivity index (χ3n) is 3.16. The van der Waals surface area contributed by atoms with Crippen LogP contribution in [0, 0.1) is 0 Å². The van der Waals surface area contributed by atoms with Crippen molar-refractivity contribution in [3.05, 3.63) is 0 Å². The summed E-state index contributed by atoms with van der Waals surface area (Å²) in [5, 5.41) is 6.31. The molecule has 2 aliphatic rings. The van der Waals surface area contributed by atoms with E-state index in [0.717, 1.165) is 12.8 Å². The molecule has 18 heavy (non-hydrogen) atoms. The zero-order valence-corrected chi connectivity index (χ0v) is 12.7. The van der Waals surface area contributed by atoms with E-state index in [2.05, 4.69) is 10.6 Å². The van der Waals surface area contributed by atoms with Crippen molar-refractivity contribution >= 4 is 53.3 Å². The van der Waals surface area contributed by atoms with Crippen molar-refractivity contribution in [3.8, 4) is 0 Å². The largest absolute Gasteiger partial charge is 0.445 e. The van der Waals surface area contributed by atoms with Gasteiger partial charge in [-0.3, -0.25) is 0 Å². The number of nitrogens with one attached hydrogen (secondary N) is 2. The number of fused-ring (bicyclic) bond motifs is 2. The lowest BCUT2D eigenvalue weighted by Gasteiger charge is -2.29. The lowest BCUT2D eigenvalue weighted by atomic mass is 10.0. The predicted molar refractivity (Wildman–Crippen MR) is 75.0 cm³/mol. The predicted octanol–water partition coefficient (Wildman–Crippen LogP) is 2.79. The van der Waals surface area contributed by atoms with E-state index in [1.807, 2.05) is 0 Å². The Morgan fingerprint density at radius 2 is 1.83 bits per heavy atom. The van der Waals surface area contributed by atoms with E-state index >= 15 is 0 Å².